The van der Waals surface area contributed by atoms with E-state index in [4.69, 9.17) is 0 Å². The van der Waals surface area contributed by atoms with Gasteiger partial charge in [0.05, 0.1) is 0 Å². The SMILES string of the molecule is CC1c2[nH]c3ccc(O)cc3c2CCN1Cc1ccccc1C(=O)NCC/C=C/c1ccccc1. The van der Waals surface area contributed by atoms with Crippen molar-refractivity contribution in [3.05, 3.63) is 107 Å². The molecule has 0 radical (unpaired) electrons. The maximum atomic E-state index is 13.0. The van der Waals surface area contributed by atoms with Gasteiger partial charge in [-0.3, -0.25) is 9.69 Å². The third-order valence-electron chi connectivity index (χ3n) is 6.88. The number of hydrogen-bond acceptors (Lipinski definition) is 3. The standard InChI is InChI=1S/C30H31N3O2/c1-21-29-26(27-19-24(34)14-15-28(27)32-29)16-18-33(21)20-23-12-5-6-13-25(23)30(35)31-17-8-7-11-22-9-3-2-4-10-22/h2-7,9-15,19,21,32,34H,8,16-18,20H2,1H3,(H,31,35)/b11-7+. The van der Waals surface area contributed by atoms with Crippen LogP contribution in [0, 0.1) is 0 Å². The summed E-state index contributed by atoms with van der Waals surface area (Å²) in [5.74, 6) is 0.269. The fraction of sp³-hybridized carbons (Fsp3) is 0.233. The van der Waals surface area contributed by atoms with E-state index in [1.807, 2.05) is 48.5 Å². The number of carbonyl (C=O) groups is 1. The van der Waals surface area contributed by atoms with Gasteiger partial charge < -0.3 is 15.4 Å². The molecule has 4 aromatic rings. The summed E-state index contributed by atoms with van der Waals surface area (Å²) in [6.07, 6.45) is 5.86. The highest BCUT2D eigenvalue weighted by Crippen LogP contribution is 2.36. The summed E-state index contributed by atoms with van der Waals surface area (Å²) in [4.78, 5) is 19.0. The van der Waals surface area contributed by atoms with Crippen LogP contribution < -0.4 is 5.32 Å². The molecule has 1 unspecified atom stereocenters. The first-order valence-electron chi connectivity index (χ1n) is 12.3. The van der Waals surface area contributed by atoms with Crippen LogP contribution in [-0.2, 0) is 13.0 Å². The topological polar surface area (TPSA) is 68.4 Å². The number of amides is 1. The predicted octanol–water partition coefficient (Wildman–Crippen LogP) is 5.83. The molecule has 0 fully saturated rings. The lowest BCUT2D eigenvalue weighted by Gasteiger charge is -2.34. The number of H-pyrrole nitrogens is 1. The minimum atomic E-state index is -0.0276. The number of benzene rings is 3. The van der Waals surface area contributed by atoms with Gasteiger partial charge in [0.25, 0.3) is 5.91 Å². The van der Waals surface area contributed by atoms with E-state index < -0.39 is 0 Å². The van der Waals surface area contributed by atoms with Gasteiger partial charge in [0, 0.05) is 47.8 Å². The van der Waals surface area contributed by atoms with E-state index in [0.717, 1.165) is 47.0 Å². The van der Waals surface area contributed by atoms with Crippen molar-refractivity contribution in [2.24, 2.45) is 0 Å². The van der Waals surface area contributed by atoms with E-state index in [1.54, 1.807) is 6.07 Å². The highest BCUT2D eigenvalue weighted by Gasteiger charge is 2.28. The lowest BCUT2D eigenvalue weighted by Crippen LogP contribution is -2.34. The second kappa shape index (κ2) is 10.2. The average Bonchev–Trinajstić information content (AvgIpc) is 3.25. The molecule has 5 heteroatoms. The molecule has 5 nitrogen and oxygen atoms in total. The summed E-state index contributed by atoms with van der Waals surface area (Å²) < 4.78 is 0. The third kappa shape index (κ3) is 5.00. The Morgan fingerprint density at radius 1 is 1.11 bits per heavy atom. The molecule has 0 saturated carbocycles. The number of carbonyl (C=O) groups excluding carboxylic acids is 1. The Labute approximate surface area is 206 Å². The van der Waals surface area contributed by atoms with Crippen molar-refractivity contribution in [1.82, 2.24) is 15.2 Å². The highest BCUT2D eigenvalue weighted by atomic mass is 16.3. The zero-order valence-corrected chi connectivity index (χ0v) is 20.0. The van der Waals surface area contributed by atoms with Gasteiger partial charge in [-0.2, -0.15) is 0 Å². The number of aromatic hydroxyl groups is 1. The molecule has 5 rings (SSSR count). The minimum Gasteiger partial charge on any atom is -0.508 e. The zero-order chi connectivity index (χ0) is 24.2. The minimum absolute atomic E-state index is 0.0276. The molecule has 3 aromatic carbocycles. The quantitative estimate of drug-likeness (QED) is 0.301. The Hall–Kier alpha value is -3.83. The van der Waals surface area contributed by atoms with Crippen molar-refractivity contribution in [3.63, 3.8) is 0 Å². The van der Waals surface area contributed by atoms with Crippen LogP contribution in [0.3, 0.4) is 0 Å². The number of aromatic amines is 1. The molecule has 0 bridgehead atoms. The number of phenols is 1. The largest absolute Gasteiger partial charge is 0.508 e. The lowest BCUT2D eigenvalue weighted by atomic mass is 9.96. The molecular weight excluding hydrogens is 434 g/mol. The van der Waals surface area contributed by atoms with Gasteiger partial charge in [0.2, 0.25) is 0 Å². The molecule has 3 N–H and O–H groups in total. The summed E-state index contributed by atoms with van der Waals surface area (Å²) in [6.45, 7) is 4.41. The normalized spacial score (nSPS) is 16.0. The number of nitrogens with one attached hydrogen (secondary N) is 2. The number of fused-ring (bicyclic) bond motifs is 3. The average molecular weight is 466 g/mol. The lowest BCUT2D eigenvalue weighted by molar-refractivity contribution is 0.0951. The maximum absolute atomic E-state index is 13.0. The van der Waals surface area contributed by atoms with Crippen LogP contribution >= 0.6 is 0 Å². The summed E-state index contributed by atoms with van der Waals surface area (Å²) in [5.41, 5.74) is 6.48. The molecular formula is C30H31N3O2. The molecule has 1 atom stereocenters. The van der Waals surface area contributed by atoms with Gasteiger partial charge in [-0.15, -0.1) is 0 Å². The van der Waals surface area contributed by atoms with Gasteiger partial charge in [-0.05, 0) is 60.7 Å². The van der Waals surface area contributed by atoms with Crippen LogP contribution in [-0.4, -0.2) is 34.0 Å². The van der Waals surface area contributed by atoms with E-state index in [2.05, 4.69) is 52.5 Å². The van der Waals surface area contributed by atoms with Crippen molar-refractivity contribution < 1.29 is 9.90 Å². The summed E-state index contributed by atoms with van der Waals surface area (Å²) in [6, 6.07) is 23.8. The number of hydrogen-bond donors (Lipinski definition) is 3. The van der Waals surface area contributed by atoms with Crippen molar-refractivity contribution >= 4 is 22.9 Å². The first-order chi connectivity index (χ1) is 17.1. The van der Waals surface area contributed by atoms with Crippen LogP contribution in [0.15, 0.2) is 78.9 Å². The molecule has 1 aromatic heterocycles. The van der Waals surface area contributed by atoms with E-state index in [0.29, 0.717) is 18.8 Å². The molecule has 1 aliphatic rings. The van der Waals surface area contributed by atoms with Crippen LogP contribution in [0.2, 0.25) is 0 Å². The molecule has 1 aliphatic heterocycles. The molecule has 1 amide bonds. The Balaban J connectivity index is 1.24. The number of phenolic OH excluding ortho intramolecular Hbond substituents is 1. The second-order valence-corrected chi connectivity index (χ2v) is 9.16. The third-order valence-corrected chi connectivity index (χ3v) is 6.88. The van der Waals surface area contributed by atoms with E-state index >= 15 is 0 Å². The molecule has 35 heavy (non-hydrogen) atoms. The zero-order valence-electron chi connectivity index (χ0n) is 20.0. The smallest absolute Gasteiger partial charge is 0.251 e. The van der Waals surface area contributed by atoms with Crippen molar-refractivity contribution in [2.75, 3.05) is 13.1 Å². The van der Waals surface area contributed by atoms with Crippen molar-refractivity contribution in [3.8, 4) is 5.75 Å². The van der Waals surface area contributed by atoms with E-state index in [-0.39, 0.29) is 11.9 Å². The Morgan fingerprint density at radius 3 is 2.77 bits per heavy atom. The predicted molar refractivity (Wildman–Crippen MR) is 141 cm³/mol. The van der Waals surface area contributed by atoms with Gasteiger partial charge in [0.1, 0.15) is 5.75 Å². The summed E-state index contributed by atoms with van der Waals surface area (Å²) in [5, 5.41) is 14.1. The van der Waals surface area contributed by atoms with Crippen LogP contribution in [0.4, 0.5) is 0 Å². The van der Waals surface area contributed by atoms with Crippen molar-refractivity contribution in [2.45, 2.75) is 32.4 Å². The Kier molecular flexibility index (Phi) is 6.68. The first kappa shape index (κ1) is 22.9. The number of nitrogens with zero attached hydrogens (tertiary/aromatic N) is 1. The van der Waals surface area contributed by atoms with E-state index in [9.17, 15) is 9.90 Å². The number of rotatable bonds is 7. The molecule has 0 saturated heterocycles. The van der Waals surface area contributed by atoms with Crippen LogP contribution in [0.1, 0.15) is 52.1 Å². The fourth-order valence-corrected chi connectivity index (χ4v) is 4.98. The molecule has 178 valence electrons. The number of aromatic nitrogens is 1. The highest BCUT2D eigenvalue weighted by molar-refractivity contribution is 5.95. The van der Waals surface area contributed by atoms with Gasteiger partial charge >= 0.3 is 0 Å². The molecule has 0 spiro atoms. The van der Waals surface area contributed by atoms with Crippen LogP contribution in [0.5, 0.6) is 5.75 Å². The van der Waals surface area contributed by atoms with Gasteiger partial charge in [-0.1, -0.05) is 60.7 Å². The van der Waals surface area contributed by atoms with Gasteiger partial charge in [-0.25, -0.2) is 0 Å². The summed E-state index contributed by atoms with van der Waals surface area (Å²) >= 11 is 0. The van der Waals surface area contributed by atoms with Gasteiger partial charge in [0.15, 0.2) is 0 Å². The maximum Gasteiger partial charge on any atom is 0.251 e. The fourth-order valence-electron chi connectivity index (χ4n) is 4.98. The molecule has 2 heterocycles. The Bertz CT molecular complexity index is 1360. The Morgan fingerprint density at radius 2 is 1.91 bits per heavy atom. The van der Waals surface area contributed by atoms with Crippen LogP contribution in [0.25, 0.3) is 17.0 Å². The first-order valence-corrected chi connectivity index (χ1v) is 12.3. The van der Waals surface area contributed by atoms with Crippen molar-refractivity contribution in [1.29, 1.82) is 0 Å². The monoisotopic (exact) mass is 465 g/mol. The van der Waals surface area contributed by atoms with E-state index in [1.165, 1.54) is 11.3 Å². The molecule has 0 aliphatic carbocycles. The second-order valence-electron chi connectivity index (χ2n) is 9.16. The summed E-state index contributed by atoms with van der Waals surface area (Å²) in [7, 11) is 0.